The predicted molar refractivity (Wildman–Crippen MR) is 82.2 cm³/mol. The van der Waals surface area contributed by atoms with Gasteiger partial charge in [-0.05, 0) is 13.3 Å². The van der Waals surface area contributed by atoms with Gasteiger partial charge in [-0.15, -0.1) is 11.3 Å². The summed E-state index contributed by atoms with van der Waals surface area (Å²) in [4.78, 5) is 31.6. The van der Waals surface area contributed by atoms with Gasteiger partial charge in [0, 0.05) is 23.3 Å². The number of hydrogen-bond donors (Lipinski definition) is 1. The van der Waals surface area contributed by atoms with Gasteiger partial charge in [0.2, 0.25) is 0 Å². The third-order valence-electron chi connectivity index (χ3n) is 2.82. The van der Waals surface area contributed by atoms with Crippen molar-refractivity contribution in [2.24, 2.45) is 0 Å². The lowest BCUT2D eigenvalue weighted by Gasteiger charge is -2.16. The highest BCUT2D eigenvalue weighted by atomic mass is 32.2. The number of nitrogens with zero attached hydrogens (tertiary/aromatic N) is 3. The minimum absolute atomic E-state index is 0.0975. The molecule has 0 aliphatic rings. The van der Waals surface area contributed by atoms with Crippen molar-refractivity contribution in [2.75, 3.05) is 5.75 Å². The van der Waals surface area contributed by atoms with Crippen LogP contribution in [0.2, 0.25) is 0 Å². The van der Waals surface area contributed by atoms with Crippen LogP contribution in [-0.4, -0.2) is 31.4 Å². The Labute approximate surface area is 129 Å². The topological polar surface area (TPSA) is 85.1 Å². The average Bonchev–Trinajstić information content (AvgIpc) is 2.93. The summed E-state index contributed by atoms with van der Waals surface area (Å²) in [5.74, 6) is -1.08. The van der Waals surface area contributed by atoms with E-state index in [1.165, 1.54) is 10.9 Å². The normalized spacial score (nSPS) is 12.3. The molecule has 21 heavy (non-hydrogen) atoms. The molecule has 112 valence electrons. The van der Waals surface area contributed by atoms with Crippen LogP contribution in [-0.2, 0) is 11.2 Å². The Balaban J connectivity index is 2.32. The highest BCUT2D eigenvalue weighted by Gasteiger charge is 2.16. The van der Waals surface area contributed by atoms with Crippen molar-refractivity contribution in [3.05, 3.63) is 38.7 Å². The molecule has 0 bridgehead atoms. The Bertz CT molecular complexity index is 696. The van der Waals surface area contributed by atoms with Gasteiger partial charge in [-0.25, -0.2) is 4.98 Å². The average molecular weight is 325 g/mol. The van der Waals surface area contributed by atoms with E-state index in [1.54, 1.807) is 22.1 Å². The molecule has 0 aromatic carbocycles. The third kappa shape index (κ3) is 3.92. The van der Waals surface area contributed by atoms with Crippen LogP contribution in [0.15, 0.2) is 28.4 Å². The number of rotatable bonds is 6. The number of aliphatic carboxylic acids is 1. The van der Waals surface area contributed by atoms with E-state index in [9.17, 15) is 9.59 Å². The second-order valence-electron chi connectivity index (χ2n) is 4.33. The maximum absolute atomic E-state index is 11.4. The summed E-state index contributed by atoms with van der Waals surface area (Å²) in [6, 6.07) is 1.27. The summed E-state index contributed by atoms with van der Waals surface area (Å²) in [6.45, 7) is 4.02. The molecule has 0 saturated heterocycles. The first-order valence-corrected chi connectivity index (χ1v) is 8.19. The lowest BCUT2D eigenvalue weighted by atomic mass is 10.3. The zero-order chi connectivity index (χ0) is 15.4. The van der Waals surface area contributed by atoms with Crippen LogP contribution in [0.3, 0.4) is 0 Å². The molecule has 0 amide bonds. The lowest BCUT2D eigenvalue weighted by Crippen LogP contribution is -2.17. The maximum Gasteiger partial charge on any atom is 0.313 e. The summed E-state index contributed by atoms with van der Waals surface area (Å²) in [5, 5.41) is 10.1. The highest BCUT2D eigenvalue weighted by molar-refractivity contribution is 7.99. The van der Waals surface area contributed by atoms with Gasteiger partial charge in [0.1, 0.15) is 5.01 Å². The molecule has 0 aliphatic carbocycles. The molecule has 0 fully saturated rings. The molecule has 1 unspecified atom stereocenters. The molecule has 2 aromatic heterocycles. The molecule has 0 aliphatic heterocycles. The molecule has 0 saturated carbocycles. The fourth-order valence-corrected chi connectivity index (χ4v) is 3.41. The first-order valence-electron chi connectivity index (χ1n) is 6.39. The van der Waals surface area contributed by atoms with E-state index in [2.05, 4.69) is 16.9 Å². The molecular formula is C13H15N3O3S2. The predicted octanol–water partition coefficient (Wildman–Crippen LogP) is 2.05. The van der Waals surface area contributed by atoms with Crippen LogP contribution < -0.4 is 5.56 Å². The lowest BCUT2D eigenvalue weighted by molar-refractivity contribution is -0.133. The zero-order valence-corrected chi connectivity index (χ0v) is 13.3. The van der Waals surface area contributed by atoms with Crippen LogP contribution in [0.25, 0.3) is 0 Å². The van der Waals surface area contributed by atoms with Crippen molar-refractivity contribution in [1.82, 2.24) is 14.5 Å². The molecular weight excluding hydrogens is 310 g/mol. The van der Waals surface area contributed by atoms with Gasteiger partial charge in [0.25, 0.3) is 5.56 Å². The van der Waals surface area contributed by atoms with Crippen LogP contribution >= 0.6 is 23.1 Å². The molecule has 0 spiro atoms. The Hall–Kier alpha value is -1.67. The SMILES string of the molecule is CCc1cnc(C(C)n2ccc(=O)nc2SCC(=O)O)s1. The van der Waals surface area contributed by atoms with Crippen molar-refractivity contribution < 1.29 is 9.90 Å². The van der Waals surface area contributed by atoms with Gasteiger partial charge in [-0.2, -0.15) is 4.98 Å². The van der Waals surface area contributed by atoms with Gasteiger partial charge < -0.3 is 9.67 Å². The second kappa shape index (κ2) is 6.86. The van der Waals surface area contributed by atoms with Gasteiger partial charge in [0.15, 0.2) is 5.16 Å². The van der Waals surface area contributed by atoms with Crippen molar-refractivity contribution >= 4 is 29.1 Å². The maximum atomic E-state index is 11.4. The second-order valence-corrected chi connectivity index (χ2v) is 6.42. The van der Waals surface area contributed by atoms with Crippen molar-refractivity contribution in [3.8, 4) is 0 Å². The number of thioether (sulfide) groups is 1. The molecule has 0 radical (unpaired) electrons. The van der Waals surface area contributed by atoms with Crippen LogP contribution in [0.4, 0.5) is 0 Å². The minimum Gasteiger partial charge on any atom is -0.481 e. The molecule has 8 heteroatoms. The van der Waals surface area contributed by atoms with Crippen molar-refractivity contribution in [2.45, 2.75) is 31.5 Å². The summed E-state index contributed by atoms with van der Waals surface area (Å²) in [5.41, 5.74) is -0.375. The monoisotopic (exact) mass is 325 g/mol. The van der Waals surface area contributed by atoms with E-state index in [4.69, 9.17) is 5.11 Å². The zero-order valence-electron chi connectivity index (χ0n) is 11.6. The number of carboxylic acid groups (broad SMARTS) is 1. The third-order valence-corrected chi connectivity index (χ3v) is 5.09. The van der Waals surface area contributed by atoms with E-state index in [0.717, 1.165) is 23.2 Å². The molecule has 1 N–H and O–H groups in total. The fraction of sp³-hybridized carbons (Fsp3) is 0.385. The van der Waals surface area contributed by atoms with Crippen LogP contribution in [0.5, 0.6) is 0 Å². The van der Waals surface area contributed by atoms with E-state index >= 15 is 0 Å². The van der Waals surface area contributed by atoms with E-state index in [0.29, 0.717) is 5.16 Å². The largest absolute Gasteiger partial charge is 0.481 e. The molecule has 2 aromatic rings. The molecule has 2 rings (SSSR count). The smallest absolute Gasteiger partial charge is 0.313 e. The Morgan fingerprint density at radius 2 is 2.33 bits per heavy atom. The number of aryl methyl sites for hydroxylation is 1. The first-order chi connectivity index (χ1) is 10.0. The number of carbonyl (C=O) groups is 1. The number of aromatic nitrogens is 3. The summed E-state index contributed by atoms with van der Waals surface area (Å²) < 4.78 is 1.78. The molecule has 6 nitrogen and oxygen atoms in total. The van der Waals surface area contributed by atoms with Gasteiger partial charge >= 0.3 is 5.97 Å². The van der Waals surface area contributed by atoms with Crippen molar-refractivity contribution in [1.29, 1.82) is 0 Å². The quantitative estimate of drug-likeness (QED) is 0.646. The van der Waals surface area contributed by atoms with Crippen molar-refractivity contribution in [3.63, 3.8) is 0 Å². The molecule has 2 heterocycles. The number of carboxylic acids is 1. The summed E-state index contributed by atoms with van der Waals surface area (Å²) in [7, 11) is 0. The number of thiazole rings is 1. The van der Waals surface area contributed by atoms with E-state index in [-0.39, 0.29) is 17.4 Å². The summed E-state index contributed by atoms with van der Waals surface area (Å²) in [6.07, 6.45) is 4.40. The Morgan fingerprint density at radius 3 is 2.95 bits per heavy atom. The van der Waals surface area contributed by atoms with Crippen LogP contribution in [0.1, 0.15) is 29.8 Å². The van der Waals surface area contributed by atoms with Gasteiger partial charge in [-0.1, -0.05) is 18.7 Å². The fourth-order valence-electron chi connectivity index (χ4n) is 1.72. The van der Waals surface area contributed by atoms with Gasteiger partial charge in [0.05, 0.1) is 11.8 Å². The number of hydrogen-bond acceptors (Lipinski definition) is 6. The Morgan fingerprint density at radius 1 is 1.57 bits per heavy atom. The van der Waals surface area contributed by atoms with Gasteiger partial charge in [-0.3, -0.25) is 9.59 Å². The van der Waals surface area contributed by atoms with Crippen LogP contribution in [0, 0.1) is 0 Å². The summed E-state index contributed by atoms with van der Waals surface area (Å²) >= 11 is 2.64. The standard InChI is InChI=1S/C13H15N3O3S2/c1-3-9-6-14-12(21-9)8(2)16-5-4-10(17)15-13(16)20-7-11(18)19/h4-6,8H,3,7H2,1-2H3,(H,18,19). The van der Waals surface area contributed by atoms with E-state index in [1.807, 2.05) is 13.1 Å². The Kier molecular flexibility index (Phi) is 5.13. The highest BCUT2D eigenvalue weighted by Crippen LogP contribution is 2.26. The molecule has 1 atom stereocenters. The minimum atomic E-state index is -0.945. The van der Waals surface area contributed by atoms with E-state index < -0.39 is 5.97 Å². The first kappa shape index (κ1) is 15.7.